The van der Waals surface area contributed by atoms with Crippen molar-refractivity contribution in [2.45, 2.75) is 50.4 Å². The van der Waals surface area contributed by atoms with Crippen LogP contribution in [0.25, 0.3) is 5.57 Å². The molecule has 1 aromatic carbocycles. The number of hydrogen-bond acceptors (Lipinski definition) is 9. The maximum atomic E-state index is 12.8. The van der Waals surface area contributed by atoms with E-state index >= 15 is 0 Å². The molecule has 41 heavy (non-hydrogen) atoms. The highest BCUT2D eigenvalue weighted by atomic mass is 16.7. The SMILES string of the molecule is CN=C/C(=C\NC1CCC12OCCO2)c1cccc(Nc2cc(NC(=O)C3CC34CCC4)ncc2C(N)=O)c1OC. The number of rotatable bonds is 10. The first-order chi connectivity index (χ1) is 19.9. The fraction of sp³-hybridized carbons (Fsp3) is 0.467. The van der Waals surface area contributed by atoms with E-state index in [1.807, 2.05) is 24.4 Å². The van der Waals surface area contributed by atoms with Crippen molar-refractivity contribution in [2.75, 3.05) is 38.0 Å². The minimum atomic E-state index is -0.641. The number of anilines is 3. The number of ether oxygens (including phenoxy) is 3. The maximum absolute atomic E-state index is 12.8. The van der Waals surface area contributed by atoms with Crippen molar-refractivity contribution in [2.24, 2.45) is 22.1 Å². The molecule has 3 saturated carbocycles. The number of hydrogen-bond donors (Lipinski definition) is 4. The van der Waals surface area contributed by atoms with E-state index in [-0.39, 0.29) is 28.8 Å². The Morgan fingerprint density at radius 2 is 1.98 bits per heavy atom. The Bertz CT molecular complexity index is 1410. The van der Waals surface area contributed by atoms with Gasteiger partial charge in [0.15, 0.2) is 5.79 Å². The first kappa shape index (κ1) is 27.2. The second kappa shape index (κ2) is 10.8. The van der Waals surface area contributed by atoms with E-state index in [0.29, 0.717) is 36.2 Å². The molecule has 0 bridgehead atoms. The summed E-state index contributed by atoms with van der Waals surface area (Å²) >= 11 is 0. The number of aromatic nitrogens is 1. The fourth-order valence-corrected chi connectivity index (χ4v) is 6.23. The second-order valence-corrected chi connectivity index (χ2v) is 11.2. The number of primary amides is 1. The number of para-hydroxylation sites is 1. The van der Waals surface area contributed by atoms with Gasteiger partial charge in [0.1, 0.15) is 11.6 Å². The molecule has 11 nitrogen and oxygen atoms in total. The van der Waals surface area contributed by atoms with Crippen LogP contribution in [-0.2, 0) is 14.3 Å². The van der Waals surface area contributed by atoms with Crippen LogP contribution in [0.2, 0.25) is 0 Å². The summed E-state index contributed by atoms with van der Waals surface area (Å²) in [6.45, 7) is 1.20. The predicted molar refractivity (Wildman–Crippen MR) is 155 cm³/mol. The largest absolute Gasteiger partial charge is 0.494 e. The Morgan fingerprint density at radius 3 is 2.59 bits per heavy atom. The number of nitrogens with zero attached hydrogens (tertiary/aromatic N) is 2. The Labute approximate surface area is 238 Å². The molecule has 2 amide bonds. The molecule has 2 aromatic rings. The molecule has 2 heterocycles. The fourth-order valence-electron chi connectivity index (χ4n) is 6.23. The van der Waals surface area contributed by atoms with E-state index in [1.54, 1.807) is 26.4 Å². The molecule has 11 heteroatoms. The number of methoxy groups -OCH3 is 1. The van der Waals surface area contributed by atoms with Gasteiger partial charge in [-0.3, -0.25) is 14.6 Å². The normalized spacial score (nSPS) is 23.6. The first-order valence-corrected chi connectivity index (χ1v) is 14.1. The lowest BCUT2D eigenvalue weighted by atomic mass is 9.80. The summed E-state index contributed by atoms with van der Waals surface area (Å²) < 4.78 is 17.6. The summed E-state index contributed by atoms with van der Waals surface area (Å²) in [6, 6.07) is 7.31. The van der Waals surface area contributed by atoms with Crippen LogP contribution in [0.1, 0.15) is 54.4 Å². The van der Waals surface area contributed by atoms with Gasteiger partial charge in [-0.15, -0.1) is 0 Å². The molecule has 1 aliphatic heterocycles. The average molecular weight is 561 g/mol. The van der Waals surface area contributed by atoms with Crippen LogP contribution in [0, 0.1) is 11.3 Å². The molecular formula is C30H36N6O5. The molecule has 6 rings (SSSR count). The topological polar surface area (TPSA) is 149 Å². The standard InChI is InChI=1S/C30H36N6O5/c1-32-15-18(16-33-24-7-10-30(24)40-11-12-41-30)19-5-3-6-22(26(19)39-2)35-23-13-25(34-17-20(23)27(31)37)36-28(38)21-14-29(21)8-4-9-29/h3,5-6,13,15-17,21,24,33H,4,7-12,14H2,1-2H3,(H2,31,37)(H2,34,35,36,38)/b18-16+,32-15?. The van der Waals surface area contributed by atoms with Gasteiger partial charge in [-0.25, -0.2) is 4.98 Å². The molecule has 2 atom stereocenters. The monoisotopic (exact) mass is 560 g/mol. The van der Waals surface area contributed by atoms with Crippen molar-refractivity contribution >= 4 is 40.8 Å². The molecule has 5 N–H and O–H groups in total. The van der Waals surface area contributed by atoms with E-state index in [0.717, 1.165) is 43.2 Å². The Morgan fingerprint density at radius 1 is 1.17 bits per heavy atom. The third-order valence-electron chi connectivity index (χ3n) is 8.87. The van der Waals surface area contributed by atoms with Gasteiger partial charge in [-0.2, -0.15) is 0 Å². The lowest BCUT2D eigenvalue weighted by Gasteiger charge is -2.44. The molecule has 2 unspecified atom stereocenters. The highest BCUT2D eigenvalue weighted by molar-refractivity contribution is 6.11. The van der Waals surface area contributed by atoms with Gasteiger partial charge in [-0.05, 0) is 37.2 Å². The van der Waals surface area contributed by atoms with Crippen molar-refractivity contribution in [3.05, 3.63) is 47.8 Å². The molecular weight excluding hydrogens is 524 g/mol. The van der Waals surface area contributed by atoms with Gasteiger partial charge in [0.25, 0.3) is 5.91 Å². The van der Waals surface area contributed by atoms with Crippen LogP contribution in [0.5, 0.6) is 5.75 Å². The molecule has 0 radical (unpaired) electrons. The van der Waals surface area contributed by atoms with Gasteiger partial charge >= 0.3 is 0 Å². The summed E-state index contributed by atoms with van der Waals surface area (Å²) in [5, 5.41) is 9.65. The lowest BCUT2D eigenvalue weighted by Crippen LogP contribution is -2.58. The number of allylic oxidation sites excluding steroid dienone is 1. The zero-order valence-corrected chi connectivity index (χ0v) is 23.4. The highest BCUT2D eigenvalue weighted by Crippen LogP contribution is 2.65. The molecule has 4 aliphatic rings. The second-order valence-electron chi connectivity index (χ2n) is 11.2. The number of aliphatic imine (C=N–C) groups is 1. The number of amides is 2. The Kier molecular flexibility index (Phi) is 7.16. The summed E-state index contributed by atoms with van der Waals surface area (Å²) in [5.74, 6) is -0.305. The van der Waals surface area contributed by atoms with Crippen molar-refractivity contribution in [1.82, 2.24) is 10.3 Å². The molecule has 2 spiro atoms. The minimum absolute atomic E-state index is 0.0302. The first-order valence-electron chi connectivity index (χ1n) is 14.1. The van der Waals surface area contributed by atoms with Gasteiger partial charge in [0.05, 0.1) is 43.3 Å². The summed E-state index contributed by atoms with van der Waals surface area (Å²) in [4.78, 5) is 33.6. The number of nitrogens with two attached hydrogens (primary N) is 1. The van der Waals surface area contributed by atoms with E-state index in [1.165, 1.54) is 12.6 Å². The van der Waals surface area contributed by atoms with Gasteiger partial charge in [0, 0.05) is 55.2 Å². The Balaban J connectivity index is 1.25. The quantitative estimate of drug-likeness (QED) is 0.322. The van der Waals surface area contributed by atoms with Crippen molar-refractivity contribution in [3.8, 4) is 5.75 Å². The van der Waals surface area contributed by atoms with Crippen molar-refractivity contribution in [1.29, 1.82) is 0 Å². The maximum Gasteiger partial charge on any atom is 0.252 e. The van der Waals surface area contributed by atoms with Crippen LogP contribution >= 0.6 is 0 Å². The van der Waals surface area contributed by atoms with Crippen molar-refractivity contribution in [3.63, 3.8) is 0 Å². The molecule has 1 saturated heterocycles. The Hall–Kier alpha value is -3.96. The number of carbonyl (C=O) groups excluding carboxylic acids is 2. The van der Waals surface area contributed by atoms with Gasteiger partial charge < -0.3 is 35.9 Å². The average Bonchev–Trinajstić information content (AvgIpc) is 3.52. The van der Waals surface area contributed by atoms with Crippen LogP contribution in [0.15, 0.2) is 41.7 Å². The van der Waals surface area contributed by atoms with Crippen molar-refractivity contribution < 1.29 is 23.8 Å². The van der Waals surface area contributed by atoms with Gasteiger partial charge in [0.2, 0.25) is 5.91 Å². The van der Waals surface area contributed by atoms with Gasteiger partial charge in [-0.1, -0.05) is 18.6 Å². The highest BCUT2D eigenvalue weighted by Gasteiger charge is 2.61. The van der Waals surface area contributed by atoms with E-state index in [9.17, 15) is 9.59 Å². The zero-order valence-electron chi connectivity index (χ0n) is 23.4. The lowest BCUT2D eigenvalue weighted by molar-refractivity contribution is -0.225. The number of pyridine rings is 1. The van der Waals surface area contributed by atoms with E-state index in [2.05, 4.69) is 25.9 Å². The molecule has 216 valence electrons. The third-order valence-corrected chi connectivity index (χ3v) is 8.87. The summed E-state index contributed by atoms with van der Waals surface area (Å²) in [6.07, 6.45) is 11.2. The smallest absolute Gasteiger partial charge is 0.252 e. The van der Waals surface area contributed by atoms with Crippen LogP contribution < -0.4 is 26.4 Å². The van der Waals surface area contributed by atoms with E-state index in [4.69, 9.17) is 19.9 Å². The van der Waals surface area contributed by atoms with Crippen LogP contribution in [0.4, 0.5) is 17.2 Å². The van der Waals surface area contributed by atoms with Crippen LogP contribution in [-0.4, -0.2) is 62.2 Å². The van der Waals surface area contributed by atoms with Crippen LogP contribution in [0.3, 0.4) is 0 Å². The summed E-state index contributed by atoms with van der Waals surface area (Å²) in [7, 11) is 3.29. The minimum Gasteiger partial charge on any atom is -0.494 e. The third kappa shape index (κ3) is 5.04. The number of carbonyl (C=O) groups is 2. The number of benzene rings is 1. The molecule has 1 aromatic heterocycles. The number of nitrogens with one attached hydrogen (secondary N) is 3. The van der Waals surface area contributed by atoms with E-state index < -0.39 is 11.7 Å². The molecule has 3 aliphatic carbocycles. The predicted octanol–water partition coefficient (Wildman–Crippen LogP) is 3.60. The molecule has 4 fully saturated rings. The summed E-state index contributed by atoms with van der Waals surface area (Å²) in [5.41, 5.74) is 8.64. The zero-order chi connectivity index (χ0) is 28.6.